The van der Waals surface area contributed by atoms with Gasteiger partial charge in [-0.1, -0.05) is 38.1 Å². The van der Waals surface area contributed by atoms with Gasteiger partial charge in [0.1, 0.15) is 23.7 Å². The Hall–Kier alpha value is -2.85. The van der Waals surface area contributed by atoms with Crippen molar-refractivity contribution < 1.29 is 9.15 Å². The van der Waals surface area contributed by atoms with E-state index < -0.39 is 0 Å². The molecule has 1 aliphatic rings. The summed E-state index contributed by atoms with van der Waals surface area (Å²) in [6.07, 6.45) is 4.81. The van der Waals surface area contributed by atoms with Crippen molar-refractivity contribution in [1.82, 2.24) is 4.90 Å². The smallest absolute Gasteiger partial charge is 0.196 e. The lowest BCUT2D eigenvalue weighted by Crippen LogP contribution is -2.27. The molecule has 0 N–H and O–H groups in total. The molecule has 2 aromatic carbocycles. The second-order valence-electron chi connectivity index (χ2n) is 8.15. The Labute approximate surface area is 184 Å². The first-order valence-electron chi connectivity index (χ1n) is 11.3. The summed E-state index contributed by atoms with van der Waals surface area (Å²) in [6.45, 7) is 9.89. The van der Waals surface area contributed by atoms with Crippen LogP contribution in [0.3, 0.4) is 0 Å². The second-order valence-corrected chi connectivity index (χ2v) is 8.15. The summed E-state index contributed by atoms with van der Waals surface area (Å²) in [5, 5.41) is 0.608. The van der Waals surface area contributed by atoms with E-state index in [9.17, 15) is 4.79 Å². The van der Waals surface area contributed by atoms with Crippen molar-refractivity contribution in [3.05, 3.63) is 75.1 Å². The molecule has 1 heterocycles. The largest absolute Gasteiger partial charge is 0.492 e. The Morgan fingerprint density at radius 2 is 1.90 bits per heavy atom. The molecule has 3 aromatic rings. The van der Waals surface area contributed by atoms with Gasteiger partial charge in [0.15, 0.2) is 5.43 Å². The zero-order valence-corrected chi connectivity index (χ0v) is 18.7. The molecule has 0 saturated carbocycles. The number of fused-ring (bicyclic) bond motifs is 2. The Balaban J connectivity index is 1.66. The van der Waals surface area contributed by atoms with E-state index in [2.05, 4.69) is 43.9 Å². The van der Waals surface area contributed by atoms with Crippen LogP contribution in [0.4, 0.5) is 0 Å². The van der Waals surface area contributed by atoms with E-state index in [1.54, 1.807) is 0 Å². The molecule has 1 aliphatic carbocycles. The van der Waals surface area contributed by atoms with Crippen molar-refractivity contribution >= 4 is 22.6 Å². The van der Waals surface area contributed by atoms with Crippen LogP contribution in [-0.2, 0) is 6.42 Å². The van der Waals surface area contributed by atoms with E-state index in [0.717, 1.165) is 61.5 Å². The van der Waals surface area contributed by atoms with Gasteiger partial charge in [-0.05, 0) is 80.3 Å². The second kappa shape index (κ2) is 9.52. The van der Waals surface area contributed by atoms with Gasteiger partial charge in [0.2, 0.25) is 0 Å². The van der Waals surface area contributed by atoms with Gasteiger partial charge in [0.05, 0.1) is 5.39 Å². The highest BCUT2D eigenvalue weighted by atomic mass is 16.5. The molecule has 0 unspecified atom stereocenters. The molecule has 0 aliphatic heterocycles. The number of hydrogen-bond acceptors (Lipinski definition) is 4. The molecule has 31 heavy (non-hydrogen) atoms. The van der Waals surface area contributed by atoms with Crippen molar-refractivity contribution in [2.75, 3.05) is 26.2 Å². The maximum Gasteiger partial charge on any atom is 0.196 e. The molecule has 4 nitrogen and oxygen atoms in total. The Morgan fingerprint density at radius 1 is 1.10 bits per heavy atom. The summed E-state index contributed by atoms with van der Waals surface area (Å²) >= 11 is 0. The van der Waals surface area contributed by atoms with Crippen LogP contribution in [0, 0.1) is 6.92 Å². The van der Waals surface area contributed by atoms with Gasteiger partial charge >= 0.3 is 0 Å². The standard InChI is InChI=1S/C27H31NO3/c1-4-28(5-2)15-16-30-22-13-14-25-24(18-22)26(29)23-12-8-11-21(27(23)31-25)17-20-10-7-6-9-19(20)3/h6-7,9-10,13-14,17-18H,4-5,8,11-12,15-16H2,1-3H3/b21-17-. The zero-order valence-electron chi connectivity index (χ0n) is 18.7. The van der Waals surface area contributed by atoms with E-state index in [-0.39, 0.29) is 5.43 Å². The van der Waals surface area contributed by atoms with Crippen LogP contribution >= 0.6 is 0 Å². The molecule has 0 amide bonds. The molecule has 0 fully saturated rings. The minimum absolute atomic E-state index is 0.0702. The molecule has 1 aromatic heterocycles. The average molecular weight is 418 g/mol. The first-order chi connectivity index (χ1) is 15.1. The zero-order chi connectivity index (χ0) is 21.8. The van der Waals surface area contributed by atoms with Crippen LogP contribution in [0.2, 0.25) is 0 Å². The third-order valence-corrected chi connectivity index (χ3v) is 6.21. The van der Waals surface area contributed by atoms with Crippen molar-refractivity contribution in [2.45, 2.75) is 40.0 Å². The summed E-state index contributed by atoms with van der Waals surface area (Å²) in [7, 11) is 0. The Bertz CT molecular complexity index is 1150. The highest BCUT2D eigenvalue weighted by molar-refractivity contribution is 5.86. The van der Waals surface area contributed by atoms with Crippen LogP contribution in [-0.4, -0.2) is 31.1 Å². The number of allylic oxidation sites excluding steroid dienone is 1. The number of benzene rings is 2. The van der Waals surface area contributed by atoms with Gasteiger partial charge in [0, 0.05) is 12.1 Å². The molecule has 162 valence electrons. The van der Waals surface area contributed by atoms with E-state index in [1.807, 2.05) is 30.3 Å². The summed E-state index contributed by atoms with van der Waals surface area (Å²) in [6, 6.07) is 13.9. The molecular formula is C27H31NO3. The van der Waals surface area contributed by atoms with E-state index in [4.69, 9.17) is 9.15 Å². The first-order valence-corrected chi connectivity index (χ1v) is 11.3. The topological polar surface area (TPSA) is 42.7 Å². The molecule has 0 atom stereocenters. The fourth-order valence-corrected chi connectivity index (χ4v) is 4.26. The number of rotatable bonds is 7. The summed E-state index contributed by atoms with van der Waals surface area (Å²) in [4.78, 5) is 15.6. The lowest BCUT2D eigenvalue weighted by atomic mass is 9.89. The lowest BCUT2D eigenvalue weighted by molar-refractivity contribution is 0.223. The van der Waals surface area contributed by atoms with Gasteiger partial charge in [-0.15, -0.1) is 0 Å². The Morgan fingerprint density at radius 3 is 2.68 bits per heavy atom. The third kappa shape index (κ3) is 4.59. The van der Waals surface area contributed by atoms with Crippen LogP contribution in [0.15, 0.2) is 51.7 Å². The molecule has 0 saturated heterocycles. The number of likely N-dealkylation sites (N-methyl/N-ethyl adjacent to an activating group) is 1. The predicted molar refractivity (Wildman–Crippen MR) is 128 cm³/mol. The fourth-order valence-electron chi connectivity index (χ4n) is 4.26. The van der Waals surface area contributed by atoms with Gasteiger partial charge in [-0.2, -0.15) is 0 Å². The van der Waals surface area contributed by atoms with Crippen molar-refractivity contribution in [3.63, 3.8) is 0 Å². The number of aryl methyl sites for hydroxylation is 1. The predicted octanol–water partition coefficient (Wildman–Crippen LogP) is 5.70. The summed E-state index contributed by atoms with van der Waals surface area (Å²) in [5.74, 6) is 1.47. The lowest BCUT2D eigenvalue weighted by Gasteiger charge is -2.19. The molecule has 4 heteroatoms. The fraction of sp³-hybridized carbons (Fsp3) is 0.370. The molecule has 4 rings (SSSR count). The van der Waals surface area contributed by atoms with Crippen LogP contribution in [0.1, 0.15) is 49.1 Å². The summed E-state index contributed by atoms with van der Waals surface area (Å²) in [5.41, 5.74) is 4.98. The number of nitrogens with zero attached hydrogens (tertiary/aromatic N) is 1. The van der Waals surface area contributed by atoms with Gasteiger partial charge in [0.25, 0.3) is 0 Å². The SMILES string of the molecule is CCN(CC)CCOc1ccc2oc3c(c(=O)c2c1)CCC/C3=C/c1ccccc1C. The molecular weight excluding hydrogens is 386 g/mol. The number of ether oxygens (including phenoxy) is 1. The van der Waals surface area contributed by atoms with Crippen LogP contribution in [0.25, 0.3) is 22.6 Å². The minimum Gasteiger partial charge on any atom is -0.492 e. The van der Waals surface area contributed by atoms with Gasteiger partial charge in [-0.25, -0.2) is 0 Å². The van der Waals surface area contributed by atoms with Crippen molar-refractivity contribution in [3.8, 4) is 5.75 Å². The minimum atomic E-state index is 0.0702. The molecule has 0 bridgehead atoms. The van der Waals surface area contributed by atoms with E-state index in [1.165, 1.54) is 11.1 Å². The van der Waals surface area contributed by atoms with Crippen LogP contribution in [0.5, 0.6) is 5.75 Å². The first kappa shape index (κ1) is 21.4. The molecule has 0 radical (unpaired) electrons. The quantitative estimate of drug-likeness (QED) is 0.495. The van der Waals surface area contributed by atoms with Crippen molar-refractivity contribution in [1.29, 1.82) is 0 Å². The third-order valence-electron chi connectivity index (χ3n) is 6.21. The molecule has 0 spiro atoms. The van der Waals surface area contributed by atoms with Gasteiger partial charge in [-0.3, -0.25) is 4.79 Å². The highest BCUT2D eigenvalue weighted by Gasteiger charge is 2.22. The average Bonchev–Trinajstić information content (AvgIpc) is 2.79. The van der Waals surface area contributed by atoms with E-state index in [0.29, 0.717) is 17.6 Å². The highest BCUT2D eigenvalue weighted by Crippen LogP contribution is 2.34. The normalized spacial score (nSPS) is 14.9. The van der Waals surface area contributed by atoms with Crippen LogP contribution < -0.4 is 10.2 Å². The maximum atomic E-state index is 13.3. The number of hydrogen-bond donors (Lipinski definition) is 0. The van der Waals surface area contributed by atoms with E-state index >= 15 is 0 Å². The van der Waals surface area contributed by atoms with Gasteiger partial charge < -0.3 is 14.1 Å². The Kier molecular flexibility index (Phi) is 6.57. The monoisotopic (exact) mass is 417 g/mol. The maximum absolute atomic E-state index is 13.3. The van der Waals surface area contributed by atoms with Crippen molar-refractivity contribution in [2.24, 2.45) is 0 Å². The summed E-state index contributed by atoms with van der Waals surface area (Å²) < 4.78 is 12.2.